The van der Waals surface area contributed by atoms with Crippen molar-refractivity contribution in [1.82, 2.24) is 5.32 Å². The number of aromatic hydroxyl groups is 1. The first-order chi connectivity index (χ1) is 12.7. The molecule has 3 rings (SSSR count). The highest BCUT2D eigenvalue weighted by Crippen LogP contribution is 2.30. The first-order valence-electron chi connectivity index (χ1n) is 8.37. The third-order valence-electron chi connectivity index (χ3n) is 3.93. The summed E-state index contributed by atoms with van der Waals surface area (Å²) < 4.78 is 0. The van der Waals surface area contributed by atoms with Gasteiger partial charge >= 0.3 is 0 Å². The van der Waals surface area contributed by atoms with Gasteiger partial charge in [-0.15, -0.1) is 0 Å². The van der Waals surface area contributed by atoms with Gasteiger partial charge in [-0.25, -0.2) is 4.99 Å². The molecule has 6 heteroatoms. The van der Waals surface area contributed by atoms with Crippen molar-refractivity contribution in [1.29, 1.82) is 5.26 Å². The minimum absolute atomic E-state index is 0.186. The zero-order chi connectivity index (χ0) is 18.4. The predicted molar refractivity (Wildman–Crippen MR) is 108 cm³/mol. The molecule has 0 amide bonds. The van der Waals surface area contributed by atoms with Gasteiger partial charge in [0.1, 0.15) is 5.75 Å². The number of hydrogen-bond donors (Lipinski definition) is 3. The first-order valence-corrected chi connectivity index (χ1v) is 9.35. The van der Waals surface area contributed by atoms with Crippen LogP contribution in [-0.2, 0) is 0 Å². The van der Waals surface area contributed by atoms with Crippen molar-refractivity contribution in [3.63, 3.8) is 0 Å². The SMILES string of the molecule is N#CCCCSC1=NC(c2cccc(O)c2)C=C(c2ccc(N)cc2)N1. The van der Waals surface area contributed by atoms with Gasteiger partial charge in [-0.05, 0) is 47.9 Å². The fraction of sp³-hybridized carbons (Fsp3) is 0.200. The molecule has 5 nitrogen and oxygen atoms in total. The van der Waals surface area contributed by atoms with E-state index in [9.17, 15) is 5.11 Å². The summed E-state index contributed by atoms with van der Waals surface area (Å²) >= 11 is 1.60. The quantitative estimate of drug-likeness (QED) is 0.549. The highest BCUT2D eigenvalue weighted by Gasteiger charge is 2.18. The smallest absolute Gasteiger partial charge is 0.161 e. The molecule has 0 saturated heterocycles. The molecule has 2 aromatic rings. The van der Waals surface area contributed by atoms with Crippen molar-refractivity contribution in [2.24, 2.45) is 4.99 Å². The molecule has 132 valence electrons. The first kappa shape index (κ1) is 17.9. The summed E-state index contributed by atoms with van der Waals surface area (Å²) in [6.07, 6.45) is 3.40. The van der Waals surface area contributed by atoms with E-state index < -0.39 is 0 Å². The van der Waals surface area contributed by atoms with Crippen LogP contribution in [0, 0.1) is 11.3 Å². The monoisotopic (exact) mass is 364 g/mol. The van der Waals surface area contributed by atoms with Crippen molar-refractivity contribution in [3.8, 4) is 11.8 Å². The molecule has 0 spiro atoms. The van der Waals surface area contributed by atoms with E-state index in [1.807, 2.05) is 42.5 Å². The highest BCUT2D eigenvalue weighted by atomic mass is 32.2. The number of rotatable bonds is 5. The predicted octanol–water partition coefficient (Wildman–Crippen LogP) is 4.05. The standard InChI is InChI=1S/C20H20N4OS/c21-10-1-2-11-26-20-23-18(14-6-8-16(22)9-7-14)13-19(24-20)15-4-3-5-17(25)12-15/h3-9,12-13,19,25H,1-2,11,22H2,(H,23,24). The number of amidine groups is 1. The average Bonchev–Trinajstić information content (AvgIpc) is 2.66. The number of anilines is 1. The molecular weight excluding hydrogens is 344 g/mol. The Hall–Kier alpha value is -2.91. The third kappa shape index (κ3) is 4.58. The van der Waals surface area contributed by atoms with Crippen LogP contribution >= 0.6 is 11.8 Å². The Morgan fingerprint density at radius 3 is 2.77 bits per heavy atom. The second-order valence-electron chi connectivity index (χ2n) is 5.91. The van der Waals surface area contributed by atoms with Gasteiger partial charge in [-0.1, -0.05) is 36.0 Å². The molecule has 4 N–H and O–H groups in total. The number of nitrogens with zero attached hydrogens (tertiary/aromatic N) is 2. The van der Waals surface area contributed by atoms with Crippen LogP contribution in [0.1, 0.15) is 30.0 Å². The summed E-state index contributed by atoms with van der Waals surface area (Å²) in [5.41, 5.74) is 9.41. The van der Waals surface area contributed by atoms with Crippen LogP contribution < -0.4 is 11.1 Å². The molecule has 2 aromatic carbocycles. The normalized spacial score (nSPS) is 16.2. The van der Waals surface area contributed by atoms with E-state index in [0.29, 0.717) is 6.42 Å². The second kappa shape index (κ2) is 8.45. The Morgan fingerprint density at radius 2 is 2.04 bits per heavy atom. The zero-order valence-electron chi connectivity index (χ0n) is 14.2. The van der Waals surface area contributed by atoms with E-state index in [1.54, 1.807) is 23.9 Å². The zero-order valence-corrected chi connectivity index (χ0v) is 15.0. The van der Waals surface area contributed by atoms with Crippen LogP contribution in [0.2, 0.25) is 0 Å². The lowest BCUT2D eigenvalue weighted by molar-refractivity contribution is 0.474. The summed E-state index contributed by atoms with van der Waals surface area (Å²) in [6, 6.07) is 16.8. The van der Waals surface area contributed by atoms with E-state index in [-0.39, 0.29) is 11.8 Å². The van der Waals surface area contributed by atoms with E-state index in [2.05, 4.69) is 11.4 Å². The van der Waals surface area contributed by atoms with Crippen LogP contribution in [0.5, 0.6) is 5.75 Å². The number of unbranched alkanes of at least 4 members (excludes halogenated alkanes) is 1. The largest absolute Gasteiger partial charge is 0.508 e. The molecule has 1 aliphatic heterocycles. The molecule has 0 saturated carbocycles. The van der Waals surface area contributed by atoms with Crippen LogP contribution in [0.15, 0.2) is 59.6 Å². The number of phenolic OH excluding ortho intramolecular Hbond substituents is 1. The fourth-order valence-electron chi connectivity index (χ4n) is 2.61. The van der Waals surface area contributed by atoms with Gasteiger partial charge in [0.15, 0.2) is 5.17 Å². The van der Waals surface area contributed by atoms with Crippen LogP contribution in [-0.4, -0.2) is 16.0 Å². The summed E-state index contributed by atoms with van der Waals surface area (Å²) in [5.74, 6) is 1.04. The van der Waals surface area contributed by atoms with Crippen LogP contribution in [0.4, 0.5) is 5.69 Å². The summed E-state index contributed by atoms with van der Waals surface area (Å²) in [6.45, 7) is 0. The number of nitrogens with one attached hydrogen (secondary N) is 1. The lowest BCUT2D eigenvalue weighted by Gasteiger charge is -2.22. The Bertz CT molecular complexity index is 868. The number of phenols is 1. The Kier molecular flexibility index (Phi) is 5.82. The number of nitrogens with two attached hydrogens (primary N) is 1. The average molecular weight is 364 g/mol. The van der Waals surface area contributed by atoms with Gasteiger partial charge in [0.2, 0.25) is 0 Å². The van der Waals surface area contributed by atoms with E-state index in [1.165, 1.54) is 0 Å². The molecule has 0 fully saturated rings. The van der Waals surface area contributed by atoms with E-state index >= 15 is 0 Å². The Labute approximate surface area is 157 Å². The molecular formula is C20H20N4OS. The molecule has 1 atom stereocenters. The molecule has 1 aliphatic rings. The van der Waals surface area contributed by atoms with Crippen molar-refractivity contribution in [2.45, 2.75) is 18.9 Å². The van der Waals surface area contributed by atoms with E-state index in [0.717, 1.165) is 39.9 Å². The van der Waals surface area contributed by atoms with Crippen molar-refractivity contribution in [3.05, 3.63) is 65.7 Å². The number of nitrogen functional groups attached to an aromatic ring is 1. The van der Waals surface area contributed by atoms with Gasteiger partial charge in [-0.2, -0.15) is 5.26 Å². The summed E-state index contributed by atoms with van der Waals surface area (Å²) in [7, 11) is 0. The molecule has 1 heterocycles. The van der Waals surface area contributed by atoms with Gasteiger partial charge in [0.05, 0.1) is 12.1 Å². The van der Waals surface area contributed by atoms with Gasteiger partial charge in [-0.3, -0.25) is 0 Å². The maximum atomic E-state index is 9.79. The van der Waals surface area contributed by atoms with Gasteiger partial charge in [0.25, 0.3) is 0 Å². The van der Waals surface area contributed by atoms with Crippen LogP contribution in [0.25, 0.3) is 5.70 Å². The lowest BCUT2D eigenvalue weighted by Crippen LogP contribution is -2.24. The topological polar surface area (TPSA) is 94.4 Å². The van der Waals surface area contributed by atoms with Crippen molar-refractivity contribution < 1.29 is 5.11 Å². The molecule has 1 unspecified atom stereocenters. The molecule has 0 aromatic heterocycles. The number of hydrogen-bond acceptors (Lipinski definition) is 6. The molecule has 0 aliphatic carbocycles. The fourth-order valence-corrected chi connectivity index (χ4v) is 3.47. The van der Waals surface area contributed by atoms with Crippen LogP contribution in [0.3, 0.4) is 0 Å². The number of aliphatic imine (C=N–C) groups is 1. The lowest BCUT2D eigenvalue weighted by atomic mass is 10.0. The van der Waals surface area contributed by atoms with Gasteiger partial charge in [0, 0.05) is 23.6 Å². The van der Waals surface area contributed by atoms with Crippen molar-refractivity contribution in [2.75, 3.05) is 11.5 Å². The van der Waals surface area contributed by atoms with Crippen molar-refractivity contribution >= 4 is 28.3 Å². The van der Waals surface area contributed by atoms with E-state index in [4.69, 9.17) is 16.0 Å². The number of thioether (sulfide) groups is 1. The summed E-state index contributed by atoms with van der Waals surface area (Å²) in [4.78, 5) is 4.76. The Balaban J connectivity index is 1.87. The van der Waals surface area contributed by atoms with Gasteiger partial charge < -0.3 is 16.2 Å². The summed E-state index contributed by atoms with van der Waals surface area (Å²) in [5, 5.41) is 22.7. The highest BCUT2D eigenvalue weighted by molar-refractivity contribution is 8.13. The maximum Gasteiger partial charge on any atom is 0.161 e. The minimum atomic E-state index is -0.186. The maximum absolute atomic E-state index is 9.79. The minimum Gasteiger partial charge on any atom is -0.508 e. The Morgan fingerprint density at radius 1 is 1.23 bits per heavy atom. The molecule has 0 radical (unpaired) electrons. The molecule has 26 heavy (non-hydrogen) atoms. The second-order valence-corrected chi connectivity index (χ2v) is 7.00. The number of benzene rings is 2. The number of nitriles is 1. The third-order valence-corrected chi connectivity index (χ3v) is 4.90. The molecule has 0 bridgehead atoms.